The van der Waals surface area contributed by atoms with Gasteiger partial charge in [-0.3, -0.25) is 28.8 Å². The third-order valence-electron chi connectivity index (χ3n) is 7.79. The second-order valence-electron chi connectivity index (χ2n) is 12.2. The minimum atomic E-state index is -3.60. The van der Waals surface area contributed by atoms with E-state index in [-0.39, 0.29) is 42.8 Å². The molecule has 1 aliphatic rings. The molecule has 0 radical (unpaired) electrons. The van der Waals surface area contributed by atoms with E-state index in [0.717, 1.165) is 11.8 Å². The average Bonchev–Trinajstić information content (AvgIpc) is 3.03. The molecule has 1 fully saturated rings. The molecule has 0 saturated carbocycles. The summed E-state index contributed by atoms with van der Waals surface area (Å²) in [5.74, 6) is -4.10. The van der Waals surface area contributed by atoms with Gasteiger partial charge >= 0.3 is 0 Å². The molecule has 0 unspecified atom stereocenters. The lowest BCUT2D eigenvalue weighted by Crippen LogP contribution is -2.59. The van der Waals surface area contributed by atoms with Crippen LogP contribution in [0.2, 0.25) is 0 Å². The number of rotatable bonds is 6. The number of sulfone groups is 1. The maximum atomic E-state index is 13.6. The Morgan fingerprint density at radius 1 is 0.938 bits per heavy atom. The van der Waals surface area contributed by atoms with E-state index in [0.29, 0.717) is 0 Å². The number of hydrogen-bond donors (Lipinski definition) is 5. The zero-order valence-corrected chi connectivity index (χ0v) is 28.6. The maximum absolute atomic E-state index is 13.6. The van der Waals surface area contributed by atoms with Crippen LogP contribution in [0.5, 0.6) is 0 Å². The second-order valence-corrected chi connectivity index (χ2v) is 14.2. The minimum absolute atomic E-state index is 0.00903. The number of amides is 6. The molecule has 4 atom stereocenters. The van der Waals surface area contributed by atoms with E-state index in [1.54, 1.807) is 38.1 Å². The summed E-state index contributed by atoms with van der Waals surface area (Å²) in [6.45, 7) is 4.64. The average molecular weight is 685 g/mol. The van der Waals surface area contributed by atoms with Crippen LogP contribution in [0.1, 0.15) is 49.5 Å². The SMILES string of the molecule is CC(C)[C@H]1NC(=O)[C@@H](NC(=O)c2cccc(S(C)(=O)=O)c2)CCCNC(=O)CN(C)C(=O)[C@H](Cc2ccccc2)NC(=O)[C@@H](C)NC1=O. The molecule has 0 spiro atoms. The highest BCUT2D eigenvalue weighted by Crippen LogP contribution is 2.13. The van der Waals surface area contributed by atoms with Gasteiger partial charge in [0.2, 0.25) is 29.5 Å². The summed E-state index contributed by atoms with van der Waals surface area (Å²) in [4.78, 5) is 80.7. The van der Waals surface area contributed by atoms with Gasteiger partial charge in [0, 0.05) is 31.8 Å². The standard InChI is InChI=1S/C33H44N6O8S/c1-20(2)28-32(44)35-21(3)29(41)37-26(17-22-11-7-6-8-12-22)33(45)39(4)19-27(40)34-16-10-15-25(31(43)38-28)36-30(42)23-13-9-14-24(18-23)48(5,46)47/h6-9,11-14,18,20-21,25-26,28H,10,15-17,19H2,1-5H3,(H,34,40)(H,35,44)(H,36,42)(H,37,41)(H,38,43)/t21-,25+,26+,28-/m1/s1. The van der Waals surface area contributed by atoms with Crippen LogP contribution >= 0.6 is 0 Å². The number of likely N-dealkylation sites (N-methyl/N-ethyl adjacent to an activating group) is 1. The fourth-order valence-corrected chi connectivity index (χ4v) is 5.70. The first-order chi connectivity index (χ1) is 22.6. The summed E-state index contributed by atoms with van der Waals surface area (Å²) in [5.41, 5.74) is 0.787. The molecular weight excluding hydrogens is 640 g/mol. The van der Waals surface area contributed by atoms with Crippen molar-refractivity contribution in [3.8, 4) is 0 Å². The van der Waals surface area contributed by atoms with Gasteiger partial charge in [-0.1, -0.05) is 50.2 Å². The fourth-order valence-electron chi connectivity index (χ4n) is 5.03. The van der Waals surface area contributed by atoms with Gasteiger partial charge in [0.05, 0.1) is 11.4 Å². The van der Waals surface area contributed by atoms with Crippen LogP contribution in [0.15, 0.2) is 59.5 Å². The van der Waals surface area contributed by atoms with Gasteiger partial charge in [-0.25, -0.2) is 8.42 Å². The smallest absolute Gasteiger partial charge is 0.251 e. The number of nitrogens with zero attached hydrogens (tertiary/aromatic N) is 1. The van der Waals surface area contributed by atoms with E-state index >= 15 is 0 Å². The van der Waals surface area contributed by atoms with Gasteiger partial charge in [-0.15, -0.1) is 0 Å². The molecule has 260 valence electrons. The topological polar surface area (TPSA) is 200 Å². The molecular formula is C33H44N6O8S. The van der Waals surface area contributed by atoms with E-state index in [2.05, 4.69) is 26.6 Å². The lowest BCUT2D eigenvalue weighted by atomic mass is 10.0. The monoisotopic (exact) mass is 684 g/mol. The third-order valence-corrected chi connectivity index (χ3v) is 8.90. The van der Waals surface area contributed by atoms with Crippen molar-refractivity contribution in [2.75, 3.05) is 26.4 Å². The molecule has 0 aliphatic carbocycles. The molecule has 1 heterocycles. The van der Waals surface area contributed by atoms with Gasteiger partial charge in [0.15, 0.2) is 9.84 Å². The first kappa shape index (κ1) is 37.7. The highest BCUT2D eigenvalue weighted by Gasteiger charge is 2.32. The number of nitrogens with one attached hydrogen (secondary N) is 5. The number of benzene rings is 2. The van der Waals surface area contributed by atoms with Crippen molar-refractivity contribution in [1.29, 1.82) is 0 Å². The van der Waals surface area contributed by atoms with Gasteiger partial charge in [0.25, 0.3) is 5.91 Å². The molecule has 15 heteroatoms. The van der Waals surface area contributed by atoms with Crippen LogP contribution in [-0.4, -0.2) is 99.3 Å². The highest BCUT2D eigenvalue weighted by atomic mass is 32.2. The molecule has 48 heavy (non-hydrogen) atoms. The zero-order chi connectivity index (χ0) is 35.6. The van der Waals surface area contributed by atoms with Crippen LogP contribution in [0.4, 0.5) is 0 Å². The highest BCUT2D eigenvalue weighted by molar-refractivity contribution is 7.90. The van der Waals surface area contributed by atoms with Gasteiger partial charge in [-0.2, -0.15) is 0 Å². The van der Waals surface area contributed by atoms with Crippen molar-refractivity contribution in [2.45, 2.75) is 69.1 Å². The lowest BCUT2D eigenvalue weighted by molar-refractivity contribution is -0.139. The summed E-state index contributed by atoms with van der Waals surface area (Å²) in [6, 6.07) is 9.98. The summed E-state index contributed by atoms with van der Waals surface area (Å²) in [7, 11) is -2.16. The van der Waals surface area contributed by atoms with Gasteiger partial charge in [0.1, 0.15) is 24.2 Å². The molecule has 5 N–H and O–H groups in total. The zero-order valence-electron chi connectivity index (χ0n) is 27.7. The van der Waals surface area contributed by atoms with E-state index in [1.807, 2.05) is 6.07 Å². The number of hydrogen-bond acceptors (Lipinski definition) is 8. The summed E-state index contributed by atoms with van der Waals surface area (Å²) in [6.07, 6.45) is 1.43. The van der Waals surface area contributed by atoms with Crippen molar-refractivity contribution in [1.82, 2.24) is 31.5 Å². The summed E-state index contributed by atoms with van der Waals surface area (Å²) < 4.78 is 24.0. The van der Waals surface area contributed by atoms with Crippen molar-refractivity contribution >= 4 is 45.3 Å². The summed E-state index contributed by atoms with van der Waals surface area (Å²) >= 11 is 0. The Morgan fingerprint density at radius 3 is 2.27 bits per heavy atom. The minimum Gasteiger partial charge on any atom is -0.355 e. The number of carbonyl (C=O) groups excluding carboxylic acids is 6. The van der Waals surface area contributed by atoms with Gasteiger partial charge in [-0.05, 0) is 49.4 Å². The van der Waals surface area contributed by atoms with E-state index in [9.17, 15) is 37.2 Å². The van der Waals surface area contributed by atoms with Crippen LogP contribution in [-0.2, 0) is 40.2 Å². The number of carbonyl (C=O) groups is 6. The Hall–Kier alpha value is -4.79. The van der Waals surface area contributed by atoms with Crippen molar-refractivity contribution in [3.63, 3.8) is 0 Å². The van der Waals surface area contributed by atoms with Crippen LogP contribution in [0.3, 0.4) is 0 Å². The first-order valence-corrected chi connectivity index (χ1v) is 17.5. The molecule has 6 amide bonds. The molecule has 1 aliphatic heterocycles. The molecule has 2 aromatic rings. The van der Waals surface area contributed by atoms with Crippen molar-refractivity contribution in [3.05, 3.63) is 65.7 Å². The lowest BCUT2D eigenvalue weighted by Gasteiger charge is -2.28. The Morgan fingerprint density at radius 2 is 1.62 bits per heavy atom. The quantitative estimate of drug-likeness (QED) is 0.278. The predicted molar refractivity (Wildman–Crippen MR) is 177 cm³/mol. The van der Waals surface area contributed by atoms with Crippen LogP contribution in [0.25, 0.3) is 0 Å². The molecule has 0 aromatic heterocycles. The largest absolute Gasteiger partial charge is 0.355 e. The van der Waals surface area contributed by atoms with Crippen molar-refractivity contribution < 1.29 is 37.2 Å². The predicted octanol–water partition coefficient (Wildman–Crippen LogP) is -0.0701. The van der Waals surface area contributed by atoms with Gasteiger partial charge < -0.3 is 31.5 Å². The Kier molecular flexibility index (Phi) is 13.2. The molecule has 14 nitrogen and oxygen atoms in total. The Bertz CT molecular complexity index is 1610. The molecule has 1 saturated heterocycles. The Balaban J connectivity index is 1.87. The fraction of sp³-hybridized carbons (Fsp3) is 0.455. The molecule has 2 aromatic carbocycles. The first-order valence-electron chi connectivity index (χ1n) is 15.6. The molecule has 0 bridgehead atoms. The normalized spacial score (nSPS) is 22.5. The summed E-state index contributed by atoms with van der Waals surface area (Å²) in [5, 5.41) is 13.3. The maximum Gasteiger partial charge on any atom is 0.251 e. The Labute approximate surface area is 280 Å². The van der Waals surface area contributed by atoms with Crippen LogP contribution in [0, 0.1) is 5.92 Å². The van der Waals surface area contributed by atoms with Crippen molar-refractivity contribution in [2.24, 2.45) is 5.92 Å². The van der Waals surface area contributed by atoms with E-state index in [1.165, 1.54) is 43.1 Å². The van der Waals surface area contributed by atoms with E-state index < -0.39 is 75.4 Å². The van der Waals surface area contributed by atoms with E-state index in [4.69, 9.17) is 0 Å². The second kappa shape index (κ2) is 16.9. The molecule has 3 rings (SSSR count). The van der Waals surface area contributed by atoms with Crippen LogP contribution < -0.4 is 26.6 Å². The third kappa shape index (κ3) is 10.9.